The maximum atomic E-state index is 12.4. The van der Waals surface area contributed by atoms with Crippen LogP contribution in [0.2, 0.25) is 5.02 Å². The summed E-state index contributed by atoms with van der Waals surface area (Å²) in [7, 11) is 1.66. The molecule has 1 aromatic heterocycles. The predicted molar refractivity (Wildman–Crippen MR) is 112 cm³/mol. The van der Waals surface area contributed by atoms with E-state index in [2.05, 4.69) is 4.90 Å². The number of rotatable bonds is 5. The smallest absolute Gasteiger partial charge is 0.260 e. The average molecular weight is 418 g/mol. The van der Waals surface area contributed by atoms with E-state index in [1.807, 2.05) is 23.1 Å². The van der Waals surface area contributed by atoms with Crippen molar-refractivity contribution in [3.8, 4) is 11.5 Å². The maximum Gasteiger partial charge on any atom is 0.260 e. The van der Waals surface area contributed by atoms with Gasteiger partial charge in [-0.15, -0.1) is 0 Å². The SMILES string of the molecule is COc1ccc2nc(N3CCN(C(=O)COc4ccc(Cl)cc4)CC3)sc2c1. The molecule has 0 saturated carbocycles. The lowest BCUT2D eigenvalue weighted by Crippen LogP contribution is -2.50. The van der Waals surface area contributed by atoms with Gasteiger partial charge >= 0.3 is 0 Å². The van der Waals surface area contributed by atoms with Crippen molar-refractivity contribution in [2.45, 2.75) is 0 Å². The monoisotopic (exact) mass is 417 g/mol. The highest BCUT2D eigenvalue weighted by molar-refractivity contribution is 7.22. The lowest BCUT2D eigenvalue weighted by atomic mass is 10.3. The number of thiazole rings is 1. The number of nitrogens with zero attached hydrogens (tertiary/aromatic N) is 3. The number of carbonyl (C=O) groups excluding carboxylic acids is 1. The number of carbonyl (C=O) groups is 1. The fourth-order valence-corrected chi connectivity index (χ4v) is 4.24. The van der Waals surface area contributed by atoms with Gasteiger partial charge in [0.2, 0.25) is 0 Å². The van der Waals surface area contributed by atoms with Gasteiger partial charge in [0.05, 0.1) is 17.3 Å². The Kier molecular flexibility index (Phi) is 5.54. The first-order valence-corrected chi connectivity index (χ1v) is 10.2. The molecule has 1 aliphatic rings. The Balaban J connectivity index is 1.32. The molecule has 0 spiro atoms. The van der Waals surface area contributed by atoms with Crippen LogP contribution in [0.4, 0.5) is 5.13 Å². The van der Waals surface area contributed by atoms with Gasteiger partial charge in [0.25, 0.3) is 5.91 Å². The van der Waals surface area contributed by atoms with Crippen molar-refractivity contribution < 1.29 is 14.3 Å². The summed E-state index contributed by atoms with van der Waals surface area (Å²) in [6, 6.07) is 12.9. The van der Waals surface area contributed by atoms with E-state index >= 15 is 0 Å². The van der Waals surface area contributed by atoms with Crippen molar-refractivity contribution >= 4 is 44.2 Å². The molecule has 0 unspecified atom stereocenters. The van der Waals surface area contributed by atoms with E-state index in [4.69, 9.17) is 26.1 Å². The molecule has 2 heterocycles. The summed E-state index contributed by atoms with van der Waals surface area (Å²) in [6.45, 7) is 2.85. The van der Waals surface area contributed by atoms with Crippen molar-refractivity contribution in [1.82, 2.24) is 9.88 Å². The highest BCUT2D eigenvalue weighted by Gasteiger charge is 2.23. The number of ether oxygens (including phenoxy) is 2. The van der Waals surface area contributed by atoms with Gasteiger partial charge in [-0.3, -0.25) is 4.79 Å². The van der Waals surface area contributed by atoms with Gasteiger partial charge in [-0.05, 0) is 42.5 Å². The summed E-state index contributed by atoms with van der Waals surface area (Å²) in [4.78, 5) is 21.2. The summed E-state index contributed by atoms with van der Waals surface area (Å²) in [5.74, 6) is 1.46. The van der Waals surface area contributed by atoms with Gasteiger partial charge in [0.15, 0.2) is 11.7 Å². The number of fused-ring (bicyclic) bond motifs is 1. The summed E-state index contributed by atoms with van der Waals surface area (Å²) < 4.78 is 11.9. The minimum absolute atomic E-state index is 0.0105. The van der Waals surface area contributed by atoms with Gasteiger partial charge in [-0.2, -0.15) is 0 Å². The molecule has 8 heteroatoms. The Hall–Kier alpha value is -2.51. The molecular weight excluding hydrogens is 398 g/mol. The zero-order valence-electron chi connectivity index (χ0n) is 15.4. The third kappa shape index (κ3) is 4.15. The molecule has 28 heavy (non-hydrogen) atoms. The topological polar surface area (TPSA) is 54.9 Å². The third-order valence-electron chi connectivity index (χ3n) is 4.66. The van der Waals surface area contributed by atoms with Crippen LogP contribution < -0.4 is 14.4 Å². The van der Waals surface area contributed by atoms with Gasteiger partial charge in [-0.25, -0.2) is 4.98 Å². The van der Waals surface area contributed by atoms with Crippen LogP contribution in [0.5, 0.6) is 11.5 Å². The normalized spacial score (nSPS) is 14.4. The van der Waals surface area contributed by atoms with Crippen molar-refractivity contribution in [3.05, 3.63) is 47.5 Å². The van der Waals surface area contributed by atoms with Crippen molar-refractivity contribution in [1.29, 1.82) is 0 Å². The fourth-order valence-electron chi connectivity index (χ4n) is 3.07. The molecule has 0 aliphatic carbocycles. The number of halogens is 1. The van der Waals surface area contributed by atoms with E-state index in [0.29, 0.717) is 23.9 Å². The number of benzene rings is 2. The minimum Gasteiger partial charge on any atom is -0.497 e. The Bertz CT molecular complexity index is 968. The molecule has 0 radical (unpaired) electrons. The lowest BCUT2D eigenvalue weighted by molar-refractivity contribution is -0.133. The predicted octanol–water partition coefficient (Wildman–Crippen LogP) is 3.69. The standard InChI is InChI=1S/C20H20ClN3O3S/c1-26-16-6-7-17-18(12-16)28-20(22-17)24-10-8-23(9-11-24)19(25)13-27-15-4-2-14(21)3-5-15/h2-7,12H,8-11,13H2,1H3. The molecule has 4 rings (SSSR count). The van der Waals surface area contributed by atoms with Gasteiger partial charge < -0.3 is 19.3 Å². The number of methoxy groups -OCH3 is 1. The first-order chi connectivity index (χ1) is 13.6. The molecule has 2 aromatic carbocycles. The van der Waals surface area contributed by atoms with Gasteiger partial charge in [-0.1, -0.05) is 22.9 Å². The quantitative estimate of drug-likeness (QED) is 0.633. The summed E-state index contributed by atoms with van der Waals surface area (Å²) in [5, 5.41) is 1.62. The number of anilines is 1. The summed E-state index contributed by atoms with van der Waals surface area (Å²) in [6.07, 6.45) is 0. The van der Waals surface area contributed by atoms with Gasteiger partial charge in [0.1, 0.15) is 11.5 Å². The van der Waals surface area contributed by atoms with E-state index in [-0.39, 0.29) is 12.5 Å². The highest BCUT2D eigenvalue weighted by Crippen LogP contribution is 2.31. The maximum absolute atomic E-state index is 12.4. The van der Waals surface area contributed by atoms with E-state index in [1.165, 1.54) is 0 Å². The Morgan fingerprint density at radius 2 is 1.82 bits per heavy atom. The number of hydrogen-bond acceptors (Lipinski definition) is 6. The van der Waals surface area contributed by atoms with Crippen molar-refractivity contribution in [2.75, 3.05) is 44.8 Å². The molecule has 3 aromatic rings. The van der Waals surface area contributed by atoms with E-state index in [0.717, 1.165) is 34.2 Å². The first kappa shape index (κ1) is 18.8. The molecule has 1 fully saturated rings. The minimum atomic E-state index is -0.0105. The molecule has 0 N–H and O–H groups in total. The highest BCUT2D eigenvalue weighted by atomic mass is 35.5. The zero-order chi connectivity index (χ0) is 19.5. The van der Waals surface area contributed by atoms with Crippen LogP contribution in [0.25, 0.3) is 10.2 Å². The average Bonchev–Trinajstić information content (AvgIpc) is 3.16. The van der Waals surface area contributed by atoms with Crippen LogP contribution in [0.15, 0.2) is 42.5 Å². The summed E-state index contributed by atoms with van der Waals surface area (Å²) in [5.41, 5.74) is 0.968. The molecule has 0 atom stereocenters. The first-order valence-electron chi connectivity index (χ1n) is 8.98. The van der Waals surface area contributed by atoms with E-state index in [9.17, 15) is 4.79 Å². The number of hydrogen-bond donors (Lipinski definition) is 0. The Morgan fingerprint density at radius 3 is 2.54 bits per heavy atom. The van der Waals surface area contributed by atoms with Crippen molar-refractivity contribution in [2.24, 2.45) is 0 Å². The van der Waals surface area contributed by atoms with Gasteiger partial charge in [0, 0.05) is 31.2 Å². The lowest BCUT2D eigenvalue weighted by Gasteiger charge is -2.34. The molecule has 1 amide bonds. The second kappa shape index (κ2) is 8.24. The van der Waals surface area contributed by atoms with E-state index in [1.54, 1.807) is 42.7 Å². The van der Waals surface area contributed by atoms with Crippen LogP contribution in [-0.4, -0.2) is 55.7 Å². The number of piperazine rings is 1. The number of aromatic nitrogens is 1. The van der Waals surface area contributed by atoms with Crippen molar-refractivity contribution in [3.63, 3.8) is 0 Å². The zero-order valence-corrected chi connectivity index (χ0v) is 17.0. The number of amides is 1. The molecule has 1 saturated heterocycles. The molecular formula is C20H20ClN3O3S. The molecule has 6 nitrogen and oxygen atoms in total. The van der Waals surface area contributed by atoms with Crippen LogP contribution >= 0.6 is 22.9 Å². The van der Waals surface area contributed by atoms with Crippen LogP contribution in [0.1, 0.15) is 0 Å². The third-order valence-corrected chi connectivity index (χ3v) is 5.99. The molecule has 146 valence electrons. The van der Waals surface area contributed by atoms with Crippen LogP contribution in [-0.2, 0) is 4.79 Å². The van der Waals surface area contributed by atoms with E-state index < -0.39 is 0 Å². The summed E-state index contributed by atoms with van der Waals surface area (Å²) >= 11 is 7.50. The Labute approximate surface area is 172 Å². The molecule has 1 aliphatic heterocycles. The molecule has 0 bridgehead atoms. The Morgan fingerprint density at radius 1 is 1.11 bits per heavy atom. The largest absolute Gasteiger partial charge is 0.497 e. The van der Waals surface area contributed by atoms with Crippen LogP contribution in [0.3, 0.4) is 0 Å². The second-order valence-corrected chi connectivity index (χ2v) is 7.89. The van der Waals surface area contributed by atoms with Crippen LogP contribution in [0, 0.1) is 0 Å². The fraction of sp³-hybridized carbons (Fsp3) is 0.300. The second-order valence-electron chi connectivity index (χ2n) is 6.44.